The fraction of sp³-hybridized carbons (Fsp3) is 0.231. The number of aryl methyl sites for hydroxylation is 1. The number of carbonyl (C=O) groups is 1. The van der Waals surface area contributed by atoms with Crippen LogP contribution in [0.1, 0.15) is 23.0 Å². The van der Waals surface area contributed by atoms with Crippen molar-refractivity contribution in [1.82, 2.24) is 9.78 Å². The molecule has 1 aromatic carbocycles. The van der Waals surface area contributed by atoms with E-state index in [1.807, 2.05) is 13.0 Å². The molecule has 0 fully saturated rings. The minimum atomic E-state index is -0.144. The van der Waals surface area contributed by atoms with E-state index >= 15 is 0 Å². The molecule has 0 aliphatic rings. The predicted molar refractivity (Wildman–Crippen MR) is 82.1 cm³/mol. The molecule has 0 amide bonds. The molecule has 0 unspecified atom stereocenters. The second kappa shape index (κ2) is 5.92. The lowest BCUT2D eigenvalue weighted by molar-refractivity contribution is 0.102. The Morgan fingerprint density at radius 2 is 2.26 bits per heavy atom. The molecule has 2 aromatic rings. The number of benzene rings is 1. The summed E-state index contributed by atoms with van der Waals surface area (Å²) < 4.78 is 7.71. The maximum Gasteiger partial charge on any atom is 0.214 e. The number of carbonyl (C=O) groups excluding carboxylic acids is 1. The lowest BCUT2D eigenvalue weighted by Gasteiger charge is -2.07. The fourth-order valence-corrected chi connectivity index (χ4v) is 2.28. The second-order valence-electron chi connectivity index (χ2n) is 3.84. The van der Waals surface area contributed by atoms with Gasteiger partial charge in [0, 0.05) is 15.7 Å². The lowest BCUT2D eigenvalue weighted by atomic mass is 10.1. The minimum absolute atomic E-state index is 0.144. The molecule has 1 aromatic heterocycles. The molecule has 0 spiro atoms. The van der Waals surface area contributed by atoms with Crippen LogP contribution in [0.3, 0.4) is 0 Å². The highest BCUT2D eigenvalue weighted by molar-refractivity contribution is 14.1. The van der Waals surface area contributed by atoms with Gasteiger partial charge >= 0.3 is 0 Å². The number of methoxy groups -OCH3 is 1. The third-order valence-corrected chi connectivity index (χ3v) is 4.29. The van der Waals surface area contributed by atoms with E-state index in [0.717, 1.165) is 3.57 Å². The Kier molecular flexibility index (Phi) is 4.46. The molecule has 0 bridgehead atoms. The molecule has 19 heavy (non-hydrogen) atoms. The minimum Gasteiger partial charge on any atom is -0.493 e. The lowest BCUT2D eigenvalue weighted by Crippen LogP contribution is -2.11. The molecular weight excluding hydrogens is 379 g/mol. The average molecular weight is 391 g/mol. The molecule has 0 N–H and O–H groups in total. The zero-order chi connectivity index (χ0) is 14.0. The van der Waals surface area contributed by atoms with Crippen molar-refractivity contribution in [2.45, 2.75) is 13.5 Å². The summed E-state index contributed by atoms with van der Waals surface area (Å²) in [5, 5.41) is 4.69. The highest BCUT2D eigenvalue weighted by atomic mass is 127. The summed E-state index contributed by atoms with van der Waals surface area (Å²) in [6, 6.07) is 5.23. The van der Waals surface area contributed by atoms with E-state index in [0.29, 0.717) is 28.6 Å². The Balaban J connectivity index is 2.49. The van der Waals surface area contributed by atoms with Gasteiger partial charge < -0.3 is 4.74 Å². The number of hydrogen-bond acceptors (Lipinski definition) is 3. The Morgan fingerprint density at radius 3 is 2.84 bits per heavy atom. The monoisotopic (exact) mass is 390 g/mol. The van der Waals surface area contributed by atoms with Crippen LogP contribution in [0, 0.1) is 3.57 Å². The van der Waals surface area contributed by atoms with E-state index in [1.54, 1.807) is 23.0 Å². The van der Waals surface area contributed by atoms with Gasteiger partial charge in [-0.2, -0.15) is 5.10 Å². The van der Waals surface area contributed by atoms with Crippen molar-refractivity contribution >= 4 is 40.0 Å². The number of ketones is 1. The van der Waals surface area contributed by atoms with Crippen LogP contribution in [0.25, 0.3) is 0 Å². The number of rotatable bonds is 4. The van der Waals surface area contributed by atoms with E-state index in [1.165, 1.54) is 7.11 Å². The zero-order valence-electron chi connectivity index (χ0n) is 10.5. The Bertz CT molecular complexity index is 604. The first-order valence-corrected chi connectivity index (χ1v) is 7.13. The Labute approximate surface area is 129 Å². The molecule has 0 saturated heterocycles. The highest BCUT2D eigenvalue weighted by Crippen LogP contribution is 2.25. The summed E-state index contributed by atoms with van der Waals surface area (Å²) in [6.45, 7) is 2.52. The van der Waals surface area contributed by atoms with Gasteiger partial charge in [0.25, 0.3) is 0 Å². The molecule has 4 nitrogen and oxygen atoms in total. The van der Waals surface area contributed by atoms with Crippen molar-refractivity contribution < 1.29 is 9.53 Å². The molecule has 100 valence electrons. The normalized spacial score (nSPS) is 10.5. The standard InChI is InChI=1S/C13H12ClIN2O2/c1-3-17-12(11(19-2)7-16-17)13(18)8-4-5-10(15)9(14)6-8/h4-7H,3H2,1-2H3. The highest BCUT2D eigenvalue weighted by Gasteiger charge is 2.20. The predicted octanol–water partition coefficient (Wildman–Crippen LogP) is 3.40. The van der Waals surface area contributed by atoms with Gasteiger partial charge in [-0.25, -0.2) is 0 Å². The van der Waals surface area contributed by atoms with Gasteiger partial charge in [0.05, 0.1) is 18.3 Å². The summed E-state index contributed by atoms with van der Waals surface area (Å²) >= 11 is 8.17. The van der Waals surface area contributed by atoms with Gasteiger partial charge in [-0.15, -0.1) is 0 Å². The quantitative estimate of drug-likeness (QED) is 0.594. The summed E-state index contributed by atoms with van der Waals surface area (Å²) in [5.74, 6) is 0.330. The van der Waals surface area contributed by atoms with Gasteiger partial charge in [-0.1, -0.05) is 11.6 Å². The maximum atomic E-state index is 12.5. The van der Waals surface area contributed by atoms with Crippen LogP contribution in [0.4, 0.5) is 0 Å². The van der Waals surface area contributed by atoms with E-state index in [-0.39, 0.29) is 5.78 Å². The molecule has 0 aliphatic heterocycles. The van der Waals surface area contributed by atoms with E-state index < -0.39 is 0 Å². The van der Waals surface area contributed by atoms with E-state index in [4.69, 9.17) is 16.3 Å². The van der Waals surface area contributed by atoms with Gasteiger partial charge in [-0.05, 0) is 47.7 Å². The zero-order valence-corrected chi connectivity index (χ0v) is 13.4. The number of hydrogen-bond donors (Lipinski definition) is 0. The van der Waals surface area contributed by atoms with Crippen LogP contribution in [0.15, 0.2) is 24.4 Å². The van der Waals surface area contributed by atoms with Crippen LogP contribution in [0.5, 0.6) is 5.75 Å². The van der Waals surface area contributed by atoms with Crippen molar-refractivity contribution in [2.75, 3.05) is 7.11 Å². The molecular formula is C13H12ClIN2O2. The Hall–Kier alpha value is -1.08. The first-order chi connectivity index (χ1) is 9.08. The smallest absolute Gasteiger partial charge is 0.214 e. The number of aromatic nitrogens is 2. The van der Waals surface area contributed by atoms with Crippen molar-refractivity contribution in [3.8, 4) is 5.75 Å². The van der Waals surface area contributed by atoms with Gasteiger partial charge in [-0.3, -0.25) is 9.48 Å². The summed E-state index contributed by atoms with van der Waals surface area (Å²) in [4.78, 5) is 12.5. The maximum absolute atomic E-state index is 12.5. The van der Waals surface area contributed by atoms with Crippen LogP contribution in [-0.4, -0.2) is 22.7 Å². The van der Waals surface area contributed by atoms with Crippen molar-refractivity contribution in [3.63, 3.8) is 0 Å². The van der Waals surface area contributed by atoms with Gasteiger partial charge in [0.15, 0.2) is 11.4 Å². The molecule has 0 radical (unpaired) electrons. The first-order valence-electron chi connectivity index (χ1n) is 5.68. The number of ether oxygens (including phenoxy) is 1. The Morgan fingerprint density at radius 1 is 1.53 bits per heavy atom. The van der Waals surface area contributed by atoms with Crippen LogP contribution < -0.4 is 4.74 Å². The molecule has 0 saturated carbocycles. The molecule has 0 aliphatic carbocycles. The third-order valence-electron chi connectivity index (χ3n) is 2.72. The SMILES string of the molecule is CCn1ncc(OC)c1C(=O)c1ccc(I)c(Cl)c1. The van der Waals surface area contributed by atoms with Crippen molar-refractivity contribution in [1.29, 1.82) is 0 Å². The topological polar surface area (TPSA) is 44.1 Å². The van der Waals surface area contributed by atoms with Crippen LogP contribution in [0.2, 0.25) is 5.02 Å². The van der Waals surface area contributed by atoms with Gasteiger partial charge in [0.2, 0.25) is 5.78 Å². The summed E-state index contributed by atoms with van der Waals surface area (Å²) in [5.41, 5.74) is 0.973. The van der Waals surface area contributed by atoms with Crippen molar-refractivity contribution in [3.05, 3.63) is 44.2 Å². The molecule has 0 atom stereocenters. The van der Waals surface area contributed by atoms with Gasteiger partial charge in [0.1, 0.15) is 0 Å². The molecule has 1 heterocycles. The average Bonchev–Trinajstić information content (AvgIpc) is 2.83. The number of nitrogens with zero attached hydrogens (tertiary/aromatic N) is 2. The largest absolute Gasteiger partial charge is 0.493 e. The van der Waals surface area contributed by atoms with E-state index in [2.05, 4.69) is 27.7 Å². The molecule has 2 rings (SSSR count). The summed E-state index contributed by atoms with van der Waals surface area (Å²) in [7, 11) is 1.52. The summed E-state index contributed by atoms with van der Waals surface area (Å²) in [6.07, 6.45) is 1.55. The van der Waals surface area contributed by atoms with Crippen molar-refractivity contribution in [2.24, 2.45) is 0 Å². The number of halogens is 2. The first kappa shape index (κ1) is 14.3. The van der Waals surface area contributed by atoms with Crippen LogP contribution >= 0.6 is 34.2 Å². The third kappa shape index (κ3) is 2.76. The van der Waals surface area contributed by atoms with E-state index in [9.17, 15) is 4.79 Å². The molecule has 6 heteroatoms. The second-order valence-corrected chi connectivity index (χ2v) is 5.40. The van der Waals surface area contributed by atoms with Crippen LogP contribution in [-0.2, 0) is 6.54 Å². The fourth-order valence-electron chi connectivity index (χ4n) is 1.76.